The van der Waals surface area contributed by atoms with E-state index >= 15 is 0 Å². The highest BCUT2D eigenvalue weighted by Crippen LogP contribution is 2.19. The van der Waals surface area contributed by atoms with E-state index in [1.165, 1.54) is 18.5 Å². The van der Waals surface area contributed by atoms with Crippen molar-refractivity contribution in [2.45, 2.75) is 25.2 Å². The summed E-state index contributed by atoms with van der Waals surface area (Å²) in [5.41, 5.74) is 2.75. The maximum absolute atomic E-state index is 12.2. The molecule has 7 nitrogen and oxygen atoms in total. The van der Waals surface area contributed by atoms with E-state index < -0.39 is 10.0 Å². The second-order valence-electron chi connectivity index (χ2n) is 5.74. The highest BCUT2D eigenvalue weighted by molar-refractivity contribution is 7.89. The van der Waals surface area contributed by atoms with Crippen LogP contribution in [0.4, 0.5) is 5.69 Å². The quantitative estimate of drug-likeness (QED) is 0.667. The first kappa shape index (κ1) is 20.1. The third kappa shape index (κ3) is 5.13. The van der Waals surface area contributed by atoms with E-state index in [0.717, 1.165) is 22.5 Å². The Morgan fingerprint density at radius 1 is 1.15 bits per heavy atom. The molecule has 26 heavy (non-hydrogen) atoms. The van der Waals surface area contributed by atoms with Crippen LogP contribution in [-0.4, -0.2) is 33.8 Å². The molecule has 0 atom stereocenters. The average Bonchev–Trinajstić information content (AvgIpc) is 3.07. The lowest BCUT2D eigenvalue weighted by Gasteiger charge is -2.09. The van der Waals surface area contributed by atoms with Crippen molar-refractivity contribution in [2.75, 3.05) is 18.9 Å². The maximum Gasteiger partial charge on any atom is 0.261 e. The molecule has 0 aliphatic carbocycles. The van der Waals surface area contributed by atoms with Gasteiger partial charge in [0.05, 0.1) is 9.77 Å². The summed E-state index contributed by atoms with van der Waals surface area (Å²) in [7, 11) is -2.29. The highest BCUT2D eigenvalue weighted by atomic mass is 32.2. The number of rotatable bonds is 7. The van der Waals surface area contributed by atoms with Crippen molar-refractivity contribution in [3.05, 3.63) is 45.6 Å². The number of carbonyl (C=O) groups is 2. The average molecular weight is 396 g/mol. The van der Waals surface area contributed by atoms with Crippen LogP contribution >= 0.6 is 11.3 Å². The molecule has 0 aliphatic heterocycles. The molecule has 2 aromatic rings. The van der Waals surface area contributed by atoms with Gasteiger partial charge in [0.1, 0.15) is 0 Å². The first-order valence-electron chi connectivity index (χ1n) is 7.90. The van der Waals surface area contributed by atoms with Gasteiger partial charge in [0.25, 0.3) is 5.91 Å². The molecule has 2 amide bonds. The molecule has 1 aromatic heterocycles. The lowest BCUT2D eigenvalue weighted by Crippen LogP contribution is -2.27. The molecule has 2 rings (SSSR count). The van der Waals surface area contributed by atoms with Gasteiger partial charge in [-0.2, -0.15) is 0 Å². The highest BCUT2D eigenvalue weighted by Gasteiger charge is 2.18. The van der Waals surface area contributed by atoms with Crippen molar-refractivity contribution in [3.63, 3.8) is 0 Å². The number of benzene rings is 1. The van der Waals surface area contributed by atoms with Crippen LogP contribution in [0, 0.1) is 13.8 Å². The number of nitrogens with one attached hydrogen (secondary N) is 3. The van der Waals surface area contributed by atoms with Gasteiger partial charge in [-0.15, -0.1) is 11.3 Å². The van der Waals surface area contributed by atoms with Crippen LogP contribution in [0.15, 0.2) is 34.5 Å². The van der Waals surface area contributed by atoms with Gasteiger partial charge in [-0.1, -0.05) is 17.7 Å². The lowest BCUT2D eigenvalue weighted by molar-refractivity contribution is -0.116. The lowest BCUT2D eigenvalue weighted by atomic mass is 10.1. The Kier molecular flexibility index (Phi) is 6.52. The van der Waals surface area contributed by atoms with E-state index in [-0.39, 0.29) is 29.7 Å². The minimum atomic E-state index is -3.76. The third-order valence-corrected chi connectivity index (χ3v) is 6.16. The zero-order chi connectivity index (χ0) is 19.3. The molecule has 0 saturated heterocycles. The van der Waals surface area contributed by atoms with Gasteiger partial charge >= 0.3 is 0 Å². The molecular formula is C17H21N3O4S2. The van der Waals surface area contributed by atoms with Gasteiger partial charge in [-0.25, -0.2) is 13.1 Å². The van der Waals surface area contributed by atoms with Crippen molar-refractivity contribution < 1.29 is 18.0 Å². The van der Waals surface area contributed by atoms with Crippen molar-refractivity contribution >= 4 is 38.9 Å². The van der Waals surface area contributed by atoms with Crippen LogP contribution in [0.3, 0.4) is 0 Å². The van der Waals surface area contributed by atoms with Gasteiger partial charge < -0.3 is 10.6 Å². The number of amides is 2. The van der Waals surface area contributed by atoms with Gasteiger partial charge in [0.15, 0.2) is 0 Å². The second kappa shape index (κ2) is 8.43. The summed E-state index contributed by atoms with van der Waals surface area (Å²) in [4.78, 5) is 23.8. The normalized spacial score (nSPS) is 11.2. The summed E-state index contributed by atoms with van der Waals surface area (Å²) >= 11 is 1.04. The van der Waals surface area contributed by atoms with E-state index in [1.807, 2.05) is 32.0 Å². The van der Waals surface area contributed by atoms with E-state index in [2.05, 4.69) is 15.4 Å². The van der Waals surface area contributed by atoms with Crippen molar-refractivity contribution in [3.8, 4) is 0 Å². The Bertz CT molecular complexity index is 920. The molecule has 3 N–H and O–H groups in total. The monoisotopic (exact) mass is 395 g/mol. The van der Waals surface area contributed by atoms with Crippen molar-refractivity contribution in [2.24, 2.45) is 0 Å². The van der Waals surface area contributed by atoms with Crippen LogP contribution in [0.5, 0.6) is 0 Å². The minimum Gasteiger partial charge on any atom is -0.354 e. The largest absolute Gasteiger partial charge is 0.354 e. The number of sulfonamides is 1. The summed E-state index contributed by atoms with van der Waals surface area (Å²) in [6.07, 6.45) is -0.00101. The number of hydrogen-bond acceptors (Lipinski definition) is 5. The molecule has 1 aromatic carbocycles. The number of carbonyl (C=O) groups excluding carboxylic acids is 2. The van der Waals surface area contributed by atoms with Gasteiger partial charge in [0.2, 0.25) is 15.9 Å². The Morgan fingerprint density at radius 2 is 1.88 bits per heavy atom. The fourth-order valence-corrected chi connectivity index (χ4v) is 4.50. The molecule has 0 bridgehead atoms. The standard InChI is InChI=1S/C17H21N3O4S2/c1-11-4-5-14(12(2)8-11)20-16(21)6-7-19-26(23,24)13-9-15(25-10-13)17(22)18-3/h4-5,8-10,19H,6-7H2,1-3H3,(H,18,22)(H,20,21). The minimum absolute atomic E-state index is 0.00101. The maximum atomic E-state index is 12.2. The molecule has 140 valence electrons. The fraction of sp³-hybridized carbons (Fsp3) is 0.294. The number of hydrogen-bond donors (Lipinski definition) is 3. The van der Waals surface area contributed by atoms with Gasteiger partial charge in [-0.05, 0) is 31.5 Å². The SMILES string of the molecule is CNC(=O)c1cc(S(=O)(=O)NCCC(=O)Nc2ccc(C)cc2C)cs1. The Labute approximate surface area is 156 Å². The molecule has 9 heteroatoms. The fourth-order valence-electron chi connectivity index (χ4n) is 2.25. The van der Waals surface area contributed by atoms with E-state index in [4.69, 9.17) is 0 Å². The van der Waals surface area contributed by atoms with E-state index in [0.29, 0.717) is 10.6 Å². The Balaban J connectivity index is 1.90. The first-order valence-corrected chi connectivity index (χ1v) is 10.3. The second-order valence-corrected chi connectivity index (χ2v) is 8.42. The number of aryl methyl sites for hydroxylation is 2. The summed E-state index contributed by atoms with van der Waals surface area (Å²) in [5.74, 6) is -0.625. The summed E-state index contributed by atoms with van der Waals surface area (Å²) in [6.45, 7) is 3.82. The summed E-state index contributed by atoms with van der Waals surface area (Å²) < 4.78 is 26.8. The zero-order valence-electron chi connectivity index (χ0n) is 14.8. The molecule has 0 fully saturated rings. The van der Waals surface area contributed by atoms with Crippen molar-refractivity contribution in [1.29, 1.82) is 0 Å². The molecule has 0 spiro atoms. The predicted molar refractivity (Wildman–Crippen MR) is 102 cm³/mol. The van der Waals surface area contributed by atoms with Gasteiger partial charge in [0, 0.05) is 31.1 Å². The van der Waals surface area contributed by atoms with Crippen LogP contribution in [-0.2, 0) is 14.8 Å². The van der Waals surface area contributed by atoms with Crippen LogP contribution in [0.1, 0.15) is 27.2 Å². The first-order chi connectivity index (χ1) is 12.2. The zero-order valence-corrected chi connectivity index (χ0v) is 16.4. The summed E-state index contributed by atoms with van der Waals surface area (Å²) in [6, 6.07) is 6.98. The molecule has 0 saturated carbocycles. The van der Waals surface area contributed by atoms with Crippen LogP contribution < -0.4 is 15.4 Å². The topological polar surface area (TPSA) is 104 Å². The molecule has 0 unspecified atom stereocenters. The predicted octanol–water partition coefficient (Wildman–Crippen LogP) is 2.03. The third-order valence-electron chi connectivity index (χ3n) is 3.64. The van der Waals surface area contributed by atoms with E-state index in [9.17, 15) is 18.0 Å². The molecular weight excluding hydrogens is 374 g/mol. The molecule has 0 radical (unpaired) electrons. The molecule has 0 aliphatic rings. The van der Waals surface area contributed by atoms with Crippen LogP contribution in [0.25, 0.3) is 0 Å². The van der Waals surface area contributed by atoms with Crippen molar-refractivity contribution in [1.82, 2.24) is 10.0 Å². The number of thiophene rings is 1. The number of anilines is 1. The summed E-state index contributed by atoms with van der Waals surface area (Å²) in [5, 5.41) is 6.60. The van der Waals surface area contributed by atoms with Crippen LogP contribution in [0.2, 0.25) is 0 Å². The van der Waals surface area contributed by atoms with E-state index in [1.54, 1.807) is 0 Å². The smallest absolute Gasteiger partial charge is 0.261 e. The molecule has 1 heterocycles. The Morgan fingerprint density at radius 3 is 2.54 bits per heavy atom. The van der Waals surface area contributed by atoms with Gasteiger partial charge in [-0.3, -0.25) is 9.59 Å². The Hall–Kier alpha value is -2.23.